The zero-order chi connectivity index (χ0) is 18.5. The molecule has 26 heavy (non-hydrogen) atoms. The van der Waals surface area contributed by atoms with E-state index in [0.29, 0.717) is 17.1 Å². The molecule has 0 aliphatic heterocycles. The predicted molar refractivity (Wildman–Crippen MR) is 104 cm³/mol. The van der Waals surface area contributed by atoms with Gasteiger partial charge in [-0.1, -0.05) is 44.9 Å². The van der Waals surface area contributed by atoms with E-state index in [2.05, 4.69) is 29.4 Å². The number of hydrogen-bond donors (Lipinski definition) is 2. The summed E-state index contributed by atoms with van der Waals surface area (Å²) in [6.07, 6.45) is 5.82. The van der Waals surface area contributed by atoms with Crippen LogP contribution in [0.3, 0.4) is 0 Å². The van der Waals surface area contributed by atoms with Crippen molar-refractivity contribution in [1.29, 1.82) is 0 Å². The Morgan fingerprint density at radius 1 is 1.08 bits per heavy atom. The molecular weight excluding hydrogens is 332 g/mol. The molecule has 2 aromatic carbocycles. The number of nitrogens with zero attached hydrogens (tertiary/aromatic N) is 1. The number of benzene rings is 2. The molecule has 0 spiro atoms. The average molecular weight is 355 g/mol. The minimum Gasteiger partial charge on any atom is -0.382 e. The van der Waals surface area contributed by atoms with Crippen molar-refractivity contribution >= 4 is 28.7 Å². The van der Waals surface area contributed by atoms with E-state index in [0.717, 1.165) is 36.0 Å². The summed E-state index contributed by atoms with van der Waals surface area (Å²) in [6.45, 7) is 5.03. The number of nitrogens with one attached hydrogen (secondary N) is 2. The molecule has 0 saturated heterocycles. The molecule has 0 amide bonds. The zero-order valence-corrected chi connectivity index (χ0v) is 15.0. The van der Waals surface area contributed by atoms with E-state index in [1.807, 2.05) is 12.2 Å². The largest absolute Gasteiger partial charge is 0.382 e. The minimum absolute atomic E-state index is 0.268. The number of aromatic nitrogens is 2. The number of H-pyrrole nitrogens is 1. The van der Waals surface area contributed by atoms with Crippen molar-refractivity contribution in [3.63, 3.8) is 0 Å². The molecule has 0 aliphatic carbocycles. The van der Waals surface area contributed by atoms with Crippen LogP contribution < -0.4 is 5.32 Å². The highest BCUT2D eigenvalue weighted by molar-refractivity contribution is 5.91. The van der Waals surface area contributed by atoms with Crippen LogP contribution >= 0.6 is 0 Å². The van der Waals surface area contributed by atoms with Crippen LogP contribution in [0.4, 0.5) is 14.5 Å². The van der Waals surface area contributed by atoms with Gasteiger partial charge < -0.3 is 5.32 Å². The molecular formula is C21H23F2N3. The zero-order valence-electron chi connectivity index (χ0n) is 15.0. The summed E-state index contributed by atoms with van der Waals surface area (Å²) in [7, 11) is 0. The fourth-order valence-corrected chi connectivity index (χ4v) is 2.90. The SMILES string of the molecule is CCC(CC)CNc1cc2c(C=Cc3ccc(F)cc3)n[nH]c2cc1F. The van der Waals surface area contributed by atoms with Crippen LogP contribution in [0.1, 0.15) is 37.9 Å². The quantitative estimate of drug-likeness (QED) is 0.557. The van der Waals surface area contributed by atoms with Crippen LogP contribution in [0.25, 0.3) is 23.1 Å². The Labute approximate surface area is 152 Å². The maximum Gasteiger partial charge on any atom is 0.148 e. The highest BCUT2D eigenvalue weighted by Gasteiger charge is 2.11. The molecule has 3 nitrogen and oxygen atoms in total. The maximum absolute atomic E-state index is 14.3. The summed E-state index contributed by atoms with van der Waals surface area (Å²) >= 11 is 0. The normalized spacial score (nSPS) is 11.7. The second-order valence-corrected chi connectivity index (χ2v) is 6.43. The smallest absolute Gasteiger partial charge is 0.148 e. The van der Waals surface area contributed by atoms with E-state index in [1.54, 1.807) is 18.2 Å². The van der Waals surface area contributed by atoms with Crippen molar-refractivity contribution in [3.05, 3.63) is 59.3 Å². The van der Waals surface area contributed by atoms with Gasteiger partial charge in [0.1, 0.15) is 11.6 Å². The van der Waals surface area contributed by atoms with Crippen LogP contribution in [-0.4, -0.2) is 16.7 Å². The van der Waals surface area contributed by atoms with E-state index in [9.17, 15) is 8.78 Å². The van der Waals surface area contributed by atoms with Gasteiger partial charge in [-0.2, -0.15) is 5.10 Å². The summed E-state index contributed by atoms with van der Waals surface area (Å²) in [4.78, 5) is 0. The van der Waals surface area contributed by atoms with Gasteiger partial charge in [-0.3, -0.25) is 5.10 Å². The van der Waals surface area contributed by atoms with Crippen molar-refractivity contribution in [1.82, 2.24) is 10.2 Å². The molecule has 0 atom stereocenters. The third-order valence-corrected chi connectivity index (χ3v) is 4.72. The average Bonchev–Trinajstić information content (AvgIpc) is 3.03. The van der Waals surface area contributed by atoms with Gasteiger partial charge in [-0.25, -0.2) is 8.78 Å². The second kappa shape index (κ2) is 8.13. The summed E-state index contributed by atoms with van der Waals surface area (Å²) < 4.78 is 27.3. The number of rotatable bonds is 7. The Bertz CT molecular complexity index is 894. The molecule has 2 N–H and O–H groups in total. The second-order valence-electron chi connectivity index (χ2n) is 6.43. The fourth-order valence-electron chi connectivity index (χ4n) is 2.90. The molecule has 1 heterocycles. The number of fused-ring (bicyclic) bond motifs is 1. The van der Waals surface area contributed by atoms with Crippen molar-refractivity contribution in [2.24, 2.45) is 5.92 Å². The molecule has 3 aromatic rings. The van der Waals surface area contributed by atoms with Crippen molar-refractivity contribution in [2.75, 3.05) is 11.9 Å². The van der Waals surface area contributed by atoms with Gasteiger partial charge in [-0.15, -0.1) is 0 Å². The molecule has 0 saturated carbocycles. The molecule has 1 aromatic heterocycles. The van der Waals surface area contributed by atoms with E-state index in [1.165, 1.54) is 18.2 Å². The fraction of sp³-hybridized carbons (Fsp3) is 0.286. The molecule has 0 bridgehead atoms. The molecule has 0 radical (unpaired) electrons. The van der Waals surface area contributed by atoms with Gasteiger partial charge in [0.05, 0.1) is 16.9 Å². The molecule has 0 aliphatic rings. The van der Waals surface area contributed by atoms with E-state index >= 15 is 0 Å². The van der Waals surface area contributed by atoms with Crippen LogP contribution in [0.15, 0.2) is 36.4 Å². The van der Waals surface area contributed by atoms with Crippen LogP contribution in [0.2, 0.25) is 0 Å². The first-order chi connectivity index (χ1) is 12.6. The number of halogens is 2. The first kappa shape index (κ1) is 18.1. The van der Waals surface area contributed by atoms with Gasteiger partial charge in [0.25, 0.3) is 0 Å². The molecule has 3 rings (SSSR count). The summed E-state index contributed by atoms with van der Waals surface area (Å²) in [5.41, 5.74) is 2.73. The molecule has 136 valence electrons. The first-order valence-corrected chi connectivity index (χ1v) is 8.95. The third kappa shape index (κ3) is 4.10. The van der Waals surface area contributed by atoms with Gasteiger partial charge in [0.2, 0.25) is 0 Å². The van der Waals surface area contributed by atoms with Crippen LogP contribution in [0, 0.1) is 17.6 Å². The van der Waals surface area contributed by atoms with Gasteiger partial charge in [-0.05, 0) is 35.8 Å². The monoisotopic (exact) mass is 355 g/mol. The number of hydrogen-bond acceptors (Lipinski definition) is 2. The Balaban J connectivity index is 1.85. The summed E-state index contributed by atoms with van der Waals surface area (Å²) in [5, 5.41) is 11.2. The highest BCUT2D eigenvalue weighted by atomic mass is 19.1. The molecule has 0 fully saturated rings. The summed E-state index contributed by atoms with van der Waals surface area (Å²) in [5.74, 6) is -0.0375. The first-order valence-electron chi connectivity index (χ1n) is 8.95. The minimum atomic E-state index is -0.291. The lowest BCUT2D eigenvalue weighted by Crippen LogP contribution is -2.13. The van der Waals surface area contributed by atoms with Crippen molar-refractivity contribution < 1.29 is 8.78 Å². The number of anilines is 1. The van der Waals surface area contributed by atoms with Crippen LogP contribution in [-0.2, 0) is 0 Å². The Kier molecular flexibility index (Phi) is 5.66. The lowest BCUT2D eigenvalue weighted by Gasteiger charge is -2.14. The van der Waals surface area contributed by atoms with E-state index < -0.39 is 0 Å². The van der Waals surface area contributed by atoms with Gasteiger partial charge in [0, 0.05) is 18.0 Å². The highest BCUT2D eigenvalue weighted by Crippen LogP contribution is 2.26. The lowest BCUT2D eigenvalue weighted by atomic mass is 10.0. The molecule has 0 unspecified atom stereocenters. The summed E-state index contributed by atoms with van der Waals surface area (Å²) in [6, 6.07) is 9.48. The van der Waals surface area contributed by atoms with Crippen LogP contribution in [0.5, 0.6) is 0 Å². The topological polar surface area (TPSA) is 40.7 Å². The Hall–Kier alpha value is -2.69. The van der Waals surface area contributed by atoms with Gasteiger partial charge >= 0.3 is 0 Å². The maximum atomic E-state index is 14.3. The van der Waals surface area contributed by atoms with Crippen molar-refractivity contribution in [3.8, 4) is 0 Å². The van der Waals surface area contributed by atoms with Crippen molar-refractivity contribution in [2.45, 2.75) is 26.7 Å². The Morgan fingerprint density at radius 3 is 2.50 bits per heavy atom. The number of aromatic amines is 1. The van der Waals surface area contributed by atoms with Gasteiger partial charge in [0.15, 0.2) is 0 Å². The van der Waals surface area contributed by atoms with E-state index in [4.69, 9.17) is 0 Å². The van der Waals surface area contributed by atoms with E-state index in [-0.39, 0.29) is 11.6 Å². The molecule has 5 heteroatoms. The lowest BCUT2D eigenvalue weighted by molar-refractivity contribution is 0.517. The Morgan fingerprint density at radius 2 is 1.81 bits per heavy atom. The standard InChI is InChI=1S/C21H23F2N3/c1-3-14(4-2)13-24-21-11-17-19(25-26-20(17)12-18(21)23)10-7-15-5-8-16(22)9-6-15/h5-12,14,24H,3-4,13H2,1-2H3,(H,25,26). The third-order valence-electron chi connectivity index (χ3n) is 4.72. The predicted octanol–water partition coefficient (Wildman–Crippen LogP) is 5.86.